The number of aliphatic hydroxyl groups excluding tert-OH is 17. The molecule has 4 saturated heterocycles. The van der Waals surface area contributed by atoms with E-state index in [2.05, 4.69) is 5.32 Å². The summed E-state index contributed by atoms with van der Waals surface area (Å²) in [4.78, 5) is 0. The van der Waals surface area contributed by atoms with Crippen molar-refractivity contribution in [1.82, 2.24) is 5.32 Å². The zero-order valence-corrected chi connectivity index (χ0v) is 33.0. The first-order valence-electron chi connectivity index (χ1n) is 19.7. The standard InChI is InChI=1S/C35H61NO25/c1-9(13(42)5-38)54-32-27(52)23(48)31(15(7-40)57-32)61-35-28(53)24(49)30(16(8-41)58-35)60-33-25(50)20(45)17(10(2)55-33)36-12-3-11(4-37)29(22(47)18(12)43)59-34-26(51)21(46)19(44)14(6-39)56-34/h3,9-10,12-53H,4-8H2,1-2H3. The summed E-state index contributed by atoms with van der Waals surface area (Å²) in [5, 5.41) is 180. The Kier molecular flexibility index (Phi) is 18.1. The Morgan fingerprint density at radius 2 is 1.03 bits per heavy atom. The number of rotatable bonds is 16. The molecule has 61 heavy (non-hydrogen) atoms. The van der Waals surface area contributed by atoms with Crippen LogP contribution in [0.15, 0.2) is 11.6 Å². The fourth-order valence-corrected chi connectivity index (χ4v) is 7.84. The fraction of sp³-hybridized carbons (Fsp3) is 0.943. The zero-order valence-electron chi connectivity index (χ0n) is 33.0. The van der Waals surface area contributed by atoms with Gasteiger partial charge in [0.25, 0.3) is 0 Å². The van der Waals surface area contributed by atoms with E-state index in [4.69, 9.17) is 43.0 Å². The van der Waals surface area contributed by atoms with E-state index in [9.17, 15) is 81.7 Å². The van der Waals surface area contributed by atoms with E-state index in [1.807, 2.05) is 0 Å². The van der Waals surface area contributed by atoms with Crippen molar-refractivity contribution in [3.8, 4) is 0 Å². The Morgan fingerprint density at radius 3 is 1.57 bits per heavy atom. The highest BCUT2D eigenvalue weighted by atomic mass is 16.8. The molecular weight excluding hydrogens is 834 g/mol. The van der Waals surface area contributed by atoms with Gasteiger partial charge in [0.2, 0.25) is 0 Å². The van der Waals surface area contributed by atoms with Gasteiger partial charge in [-0.05, 0) is 19.4 Å². The maximum Gasteiger partial charge on any atom is 0.187 e. The Balaban J connectivity index is 1.21. The number of hydrogen-bond acceptors (Lipinski definition) is 26. The van der Waals surface area contributed by atoms with Crippen LogP contribution in [0.4, 0.5) is 0 Å². The van der Waals surface area contributed by atoms with Gasteiger partial charge in [0.05, 0.1) is 57.3 Å². The zero-order chi connectivity index (χ0) is 45.2. The first-order chi connectivity index (χ1) is 28.8. The largest absolute Gasteiger partial charge is 0.394 e. The number of nitrogens with one attached hydrogen (secondary N) is 1. The molecule has 26 unspecified atom stereocenters. The number of aliphatic hydroxyl groups is 17. The lowest BCUT2D eigenvalue weighted by Crippen LogP contribution is -2.68. The summed E-state index contributed by atoms with van der Waals surface area (Å²) in [6, 6.07) is -2.50. The molecule has 0 aromatic heterocycles. The molecule has 4 heterocycles. The summed E-state index contributed by atoms with van der Waals surface area (Å²) < 4.78 is 44.7. The molecule has 0 amide bonds. The lowest BCUT2D eigenvalue weighted by atomic mass is 9.86. The minimum atomic E-state index is -2.03. The molecule has 5 rings (SSSR count). The third kappa shape index (κ3) is 10.7. The summed E-state index contributed by atoms with van der Waals surface area (Å²) in [5.74, 6) is 0. The molecular formula is C35H61NO25. The van der Waals surface area contributed by atoms with Gasteiger partial charge < -0.3 is 130 Å². The van der Waals surface area contributed by atoms with Gasteiger partial charge >= 0.3 is 0 Å². The van der Waals surface area contributed by atoms with Crippen molar-refractivity contribution < 1.29 is 125 Å². The van der Waals surface area contributed by atoms with Crippen molar-refractivity contribution in [2.45, 2.75) is 173 Å². The van der Waals surface area contributed by atoms with Crippen molar-refractivity contribution in [2.75, 3.05) is 33.0 Å². The topological polar surface area (TPSA) is 430 Å². The Bertz CT molecular complexity index is 1380. The first kappa shape index (κ1) is 50.7. The van der Waals surface area contributed by atoms with Crippen LogP contribution in [0.1, 0.15) is 13.8 Å². The van der Waals surface area contributed by atoms with Gasteiger partial charge in [-0.3, -0.25) is 0 Å². The highest BCUT2D eigenvalue weighted by Gasteiger charge is 2.55. The van der Waals surface area contributed by atoms with Crippen LogP contribution in [0, 0.1) is 0 Å². The average molecular weight is 896 g/mol. The van der Waals surface area contributed by atoms with E-state index in [0.29, 0.717) is 0 Å². The second-order valence-corrected chi connectivity index (χ2v) is 15.7. The maximum atomic E-state index is 11.2. The van der Waals surface area contributed by atoms with Gasteiger partial charge in [-0.2, -0.15) is 0 Å². The molecule has 0 aromatic rings. The van der Waals surface area contributed by atoms with Crippen LogP contribution in [0.25, 0.3) is 0 Å². The van der Waals surface area contributed by atoms with E-state index in [0.717, 1.165) is 0 Å². The molecule has 26 nitrogen and oxygen atoms in total. The second-order valence-electron chi connectivity index (χ2n) is 15.7. The predicted molar refractivity (Wildman–Crippen MR) is 192 cm³/mol. The summed E-state index contributed by atoms with van der Waals surface area (Å²) in [6.07, 6.45) is -39.0. The summed E-state index contributed by atoms with van der Waals surface area (Å²) in [6.45, 7) is -1.21. The number of ether oxygens (including phenoxy) is 8. The van der Waals surface area contributed by atoms with E-state index in [1.165, 1.54) is 19.9 Å². The van der Waals surface area contributed by atoms with Gasteiger partial charge in [0.15, 0.2) is 25.2 Å². The molecule has 0 saturated carbocycles. The van der Waals surface area contributed by atoms with Gasteiger partial charge in [-0.1, -0.05) is 6.08 Å². The predicted octanol–water partition coefficient (Wildman–Crippen LogP) is -11.0. The molecule has 26 heteroatoms. The highest BCUT2D eigenvalue weighted by molar-refractivity contribution is 5.23. The summed E-state index contributed by atoms with van der Waals surface area (Å²) >= 11 is 0. The van der Waals surface area contributed by atoms with Crippen LogP contribution in [0.3, 0.4) is 0 Å². The molecule has 5 aliphatic rings. The van der Waals surface area contributed by atoms with Crippen LogP contribution in [-0.4, -0.2) is 279 Å². The van der Waals surface area contributed by atoms with Crippen molar-refractivity contribution >= 4 is 0 Å². The van der Waals surface area contributed by atoms with Crippen LogP contribution in [-0.2, 0) is 37.9 Å². The fourth-order valence-electron chi connectivity index (χ4n) is 7.84. The monoisotopic (exact) mass is 895 g/mol. The molecule has 356 valence electrons. The van der Waals surface area contributed by atoms with E-state index >= 15 is 0 Å². The van der Waals surface area contributed by atoms with Gasteiger partial charge in [-0.15, -0.1) is 0 Å². The van der Waals surface area contributed by atoms with E-state index < -0.39 is 192 Å². The van der Waals surface area contributed by atoms with Gasteiger partial charge in [0.1, 0.15) is 110 Å². The minimum absolute atomic E-state index is 0.0635. The summed E-state index contributed by atoms with van der Waals surface area (Å²) in [5.41, 5.74) is -0.0635. The van der Waals surface area contributed by atoms with Crippen LogP contribution >= 0.6 is 0 Å². The van der Waals surface area contributed by atoms with Crippen molar-refractivity contribution in [1.29, 1.82) is 0 Å². The first-order valence-corrected chi connectivity index (χ1v) is 19.7. The van der Waals surface area contributed by atoms with Crippen LogP contribution in [0.2, 0.25) is 0 Å². The normalized spacial score (nSPS) is 49.6. The molecule has 4 aliphatic heterocycles. The quantitative estimate of drug-likeness (QED) is 0.0640. The Hall–Kier alpha value is -1.30. The molecule has 0 radical (unpaired) electrons. The van der Waals surface area contributed by atoms with Crippen LogP contribution in [0.5, 0.6) is 0 Å². The highest BCUT2D eigenvalue weighted by Crippen LogP contribution is 2.34. The van der Waals surface area contributed by atoms with Crippen molar-refractivity contribution in [3.63, 3.8) is 0 Å². The van der Waals surface area contributed by atoms with Crippen molar-refractivity contribution in [3.05, 3.63) is 11.6 Å². The number of hydrogen-bond donors (Lipinski definition) is 18. The Labute approximate surface area is 347 Å². The maximum absolute atomic E-state index is 11.2. The van der Waals surface area contributed by atoms with E-state index in [-0.39, 0.29) is 5.57 Å². The van der Waals surface area contributed by atoms with Crippen LogP contribution < -0.4 is 5.32 Å². The van der Waals surface area contributed by atoms with Gasteiger partial charge in [-0.25, -0.2) is 0 Å². The second kappa shape index (κ2) is 21.8. The van der Waals surface area contributed by atoms with Crippen molar-refractivity contribution in [2.24, 2.45) is 0 Å². The third-order valence-electron chi connectivity index (χ3n) is 11.6. The molecule has 18 N–H and O–H groups in total. The molecule has 1 aliphatic carbocycles. The van der Waals surface area contributed by atoms with E-state index in [1.54, 1.807) is 0 Å². The lowest BCUT2D eigenvalue weighted by Gasteiger charge is -2.49. The lowest BCUT2D eigenvalue weighted by molar-refractivity contribution is -0.378. The average Bonchev–Trinajstić information content (AvgIpc) is 3.25. The summed E-state index contributed by atoms with van der Waals surface area (Å²) in [7, 11) is 0. The Morgan fingerprint density at radius 1 is 0.557 bits per heavy atom. The molecule has 0 spiro atoms. The molecule has 4 fully saturated rings. The van der Waals surface area contributed by atoms with Gasteiger partial charge in [0, 0.05) is 0 Å². The molecule has 0 aromatic carbocycles. The molecule has 0 bridgehead atoms. The molecule has 26 atom stereocenters. The smallest absolute Gasteiger partial charge is 0.187 e. The third-order valence-corrected chi connectivity index (χ3v) is 11.6. The minimum Gasteiger partial charge on any atom is -0.394 e. The SMILES string of the molecule is CC(OC1OC(CO)C(OC2OC(CO)C(OC3OC(C)C(NC4C=C(CO)C(OC5OC(CO)C(O)C(O)C5O)C(O)C4O)C(O)C3O)C(O)C2O)C(O)C1O)C(O)CO.